The number of para-hydroxylation sites is 2. The SMILES string of the molecule is Nc1ccccc1SCC#Cc1ccc(C#CCSc2ccccc2N)cc1. The lowest BCUT2D eigenvalue weighted by Gasteiger charge is -2.01. The summed E-state index contributed by atoms with van der Waals surface area (Å²) in [7, 11) is 0. The highest BCUT2D eigenvalue weighted by Crippen LogP contribution is 2.24. The van der Waals surface area contributed by atoms with Gasteiger partial charge in [-0.05, 0) is 48.5 Å². The number of hydrogen-bond donors (Lipinski definition) is 2. The first kappa shape index (κ1) is 19.8. The number of hydrogen-bond acceptors (Lipinski definition) is 4. The molecule has 0 aliphatic heterocycles. The number of nitrogen functional groups attached to an aromatic ring is 2. The van der Waals surface area contributed by atoms with Crippen LogP contribution in [0.15, 0.2) is 82.6 Å². The minimum absolute atomic E-state index is 0.704. The molecule has 0 atom stereocenters. The van der Waals surface area contributed by atoms with Gasteiger partial charge < -0.3 is 11.5 Å². The van der Waals surface area contributed by atoms with Gasteiger partial charge in [0.2, 0.25) is 0 Å². The van der Waals surface area contributed by atoms with Gasteiger partial charge in [-0.15, -0.1) is 23.5 Å². The maximum Gasteiger partial charge on any atom is 0.0599 e. The highest BCUT2D eigenvalue weighted by Gasteiger charge is 1.97. The maximum atomic E-state index is 5.93. The Morgan fingerprint density at radius 2 is 0.964 bits per heavy atom. The number of thioether (sulfide) groups is 2. The van der Waals surface area contributed by atoms with Gasteiger partial charge in [0.15, 0.2) is 0 Å². The van der Waals surface area contributed by atoms with Crippen molar-refractivity contribution in [3.05, 3.63) is 83.9 Å². The molecule has 138 valence electrons. The Kier molecular flexibility index (Phi) is 7.38. The number of nitrogens with two attached hydrogens (primary N) is 2. The molecule has 3 rings (SSSR count). The minimum atomic E-state index is 0.704. The van der Waals surface area contributed by atoms with E-state index in [0.29, 0.717) is 11.5 Å². The Balaban J connectivity index is 1.49. The van der Waals surface area contributed by atoms with Crippen LogP contribution in [0, 0.1) is 23.7 Å². The molecule has 4 heteroatoms. The van der Waals surface area contributed by atoms with Gasteiger partial charge >= 0.3 is 0 Å². The molecule has 0 saturated heterocycles. The first-order chi connectivity index (χ1) is 13.7. The van der Waals surface area contributed by atoms with Crippen molar-refractivity contribution in [1.29, 1.82) is 0 Å². The fourth-order valence-electron chi connectivity index (χ4n) is 2.36. The smallest absolute Gasteiger partial charge is 0.0599 e. The van der Waals surface area contributed by atoms with E-state index in [9.17, 15) is 0 Å². The van der Waals surface area contributed by atoms with Gasteiger partial charge in [-0.25, -0.2) is 0 Å². The van der Waals surface area contributed by atoms with E-state index in [1.54, 1.807) is 23.5 Å². The summed E-state index contributed by atoms with van der Waals surface area (Å²) in [4.78, 5) is 2.13. The quantitative estimate of drug-likeness (QED) is 0.362. The second-order valence-corrected chi connectivity index (χ2v) is 7.87. The van der Waals surface area contributed by atoms with Crippen molar-refractivity contribution >= 4 is 34.9 Å². The van der Waals surface area contributed by atoms with Crippen LogP contribution in [0.3, 0.4) is 0 Å². The minimum Gasteiger partial charge on any atom is -0.398 e. The van der Waals surface area contributed by atoms with Crippen LogP contribution in [0.4, 0.5) is 11.4 Å². The summed E-state index contributed by atoms with van der Waals surface area (Å²) in [6.07, 6.45) is 0. The average Bonchev–Trinajstić information content (AvgIpc) is 2.72. The molecule has 0 unspecified atom stereocenters. The predicted octanol–water partition coefficient (Wildman–Crippen LogP) is 5.14. The molecule has 0 aliphatic carbocycles. The Bertz CT molecular complexity index is 965. The van der Waals surface area contributed by atoms with E-state index in [2.05, 4.69) is 23.7 Å². The third-order valence-electron chi connectivity index (χ3n) is 3.79. The van der Waals surface area contributed by atoms with Crippen LogP contribution >= 0.6 is 23.5 Å². The van der Waals surface area contributed by atoms with Crippen LogP contribution in [0.1, 0.15) is 11.1 Å². The second-order valence-electron chi connectivity index (χ2n) is 5.83. The van der Waals surface area contributed by atoms with E-state index in [-0.39, 0.29) is 0 Å². The predicted molar refractivity (Wildman–Crippen MR) is 123 cm³/mol. The molecular formula is C24H20N2S2. The molecule has 3 aromatic rings. The van der Waals surface area contributed by atoms with Gasteiger partial charge in [0, 0.05) is 32.3 Å². The molecule has 2 nitrogen and oxygen atoms in total. The van der Waals surface area contributed by atoms with E-state index in [1.165, 1.54) is 0 Å². The molecule has 0 heterocycles. The summed E-state index contributed by atoms with van der Waals surface area (Å²) in [5, 5.41) is 0. The summed E-state index contributed by atoms with van der Waals surface area (Å²) < 4.78 is 0. The van der Waals surface area contributed by atoms with E-state index in [1.807, 2.05) is 72.8 Å². The van der Waals surface area contributed by atoms with Crippen molar-refractivity contribution in [2.24, 2.45) is 0 Å². The first-order valence-electron chi connectivity index (χ1n) is 8.75. The van der Waals surface area contributed by atoms with E-state index < -0.39 is 0 Å². The van der Waals surface area contributed by atoms with Gasteiger partial charge in [0.25, 0.3) is 0 Å². The molecule has 0 aliphatic rings. The van der Waals surface area contributed by atoms with Crippen LogP contribution < -0.4 is 11.5 Å². The van der Waals surface area contributed by atoms with Crippen molar-refractivity contribution in [2.75, 3.05) is 23.0 Å². The van der Waals surface area contributed by atoms with Crippen LogP contribution in [0.25, 0.3) is 0 Å². The molecule has 0 amide bonds. The standard InChI is InChI=1S/C24H20N2S2/c25-21-9-1-3-11-23(21)27-17-5-7-19-13-15-20(16-14-19)8-6-18-28-24-12-4-2-10-22(24)26/h1-4,9-16H,17-18,25-26H2. The lowest BCUT2D eigenvalue weighted by molar-refractivity contribution is 1.46. The Hall–Kier alpha value is -2.92. The van der Waals surface area contributed by atoms with Crippen LogP contribution in [-0.4, -0.2) is 11.5 Å². The molecule has 0 spiro atoms. The second kappa shape index (κ2) is 10.4. The van der Waals surface area contributed by atoms with Gasteiger partial charge in [0.05, 0.1) is 11.5 Å². The summed E-state index contributed by atoms with van der Waals surface area (Å²) in [5.41, 5.74) is 15.4. The zero-order valence-electron chi connectivity index (χ0n) is 15.3. The Labute approximate surface area is 175 Å². The topological polar surface area (TPSA) is 52.0 Å². The first-order valence-corrected chi connectivity index (χ1v) is 10.7. The average molecular weight is 401 g/mol. The summed E-state index contributed by atoms with van der Waals surface area (Å²) in [6, 6.07) is 23.7. The fraction of sp³-hybridized carbons (Fsp3) is 0.0833. The molecule has 0 bridgehead atoms. The van der Waals surface area contributed by atoms with E-state index in [0.717, 1.165) is 32.3 Å². The molecule has 3 aromatic carbocycles. The molecule has 28 heavy (non-hydrogen) atoms. The maximum absolute atomic E-state index is 5.93. The molecular weight excluding hydrogens is 380 g/mol. The van der Waals surface area contributed by atoms with Gasteiger partial charge in [-0.2, -0.15) is 0 Å². The van der Waals surface area contributed by atoms with Crippen molar-refractivity contribution in [2.45, 2.75) is 9.79 Å². The monoisotopic (exact) mass is 400 g/mol. The lowest BCUT2D eigenvalue weighted by atomic mass is 10.1. The van der Waals surface area contributed by atoms with Gasteiger partial charge in [-0.1, -0.05) is 47.9 Å². The zero-order valence-corrected chi connectivity index (χ0v) is 16.9. The number of rotatable bonds is 4. The van der Waals surface area contributed by atoms with Gasteiger partial charge in [0.1, 0.15) is 0 Å². The summed E-state index contributed by atoms with van der Waals surface area (Å²) >= 11 is 3.30. The Morgan fingerprint density at radius 1 is 0.571 bits per heavy atom. The zero-order chi connectivity index (χ0) is 19.6. The number of benzene rings is 3. The molecule has 0 fully saturated rings. The summed E-state index contributed by atoms with van der Waals surface area (Å²) in [6.45, 7) is 0. The van der Waals surface area contributed by atoms with Crippen molar-refractivity contribution in [1.82, 2.24) is 0 Å². The van der Waals surface area contributed by atoms with Crippen LogP contribution in [0.2, 0.25) is 0 Å². The van der Waals surface area contributed by atoms with Crippen molar-refractivity contribution < 1.29 is 0 Å². The normalized spacial score (nSPS) is 9.71. The lowest BCUT2D eigenvalue weighted by Crippen LogP contribution is -1.87. The highest BCUT2D eigenvalue weighted by molar-refractivity contribution is 7.99. The fourth-order valence-corrected chi connectivity index (χ4v) is 3.78. The van der Waals surface area contributed by atoms with Crippen LogP contribution in [-0.2, 0) is 0 Å². The molecule has 0 aromatic heterocycles. The third-order valence-corrected chi connectivity index (χ3v) is 5.73. The third kappa shape index (κ3) is 6.06. The van der Waals surface area contributed by atoms with E-state index in [4.69, 9.17) is 11.5 Å². The molecule has 0 saturated carbocycles. The molecule has 0 radical (unpaired) electrons. The van der Waals surface area contributed by atoms with Crippen LogP contribution in [0.5, 0.6) is 0 Å². The number of anilines is 2. The highest BCUT2D eigenvalue weighted by atomic mass is 32.2. The van der Waals surface area contributed by atoms with Crippen molar-refractivity contribution in [3.63, 3.8) is 0 Å². The largest absolute Gasteiger partial charge is 0.398 e. The summed E-state index contributed by atoms with van der Waals surface area (Å²) in [5.74, 6) is 14.1. The Morgan fingerprint density at radius 3 is 1.36 bits per heavy atom. The van der Waals surface area contributed by atoms with Gasteiger partial charge in [-0.3, -0.25) is 0 Å². The van der Waals surface area contributed by atoms with E-state index >= 15 is 0 Å². The molecule has 4 N–H and O–H groups in total. The van der Waals surface area contributed by atoms with Crippen molar-refractivity contribution in [3.8, 4) is 23.7 Å².